The number of carbonyl (C=O) groups excluding carboxylic acids is 1. The van der Waals surface area contributed by atoms with Gasteiger partial charge in [-0.25, -0.2) is 0 Å². The van der Waals surface area contributed by atoms with Crippen molar-refractivity contribution < 1.29 is 4.79 Å². The molecule has 1 amide bonds. The van der Waals surface area contributed by atoms with E-state index in [2.05, 4.69) is 22.6 Å². The van der Waals surface area contributed by atoms with E-state index in [1.807, 2.05) is 54.6 Å². The van der Waals surface area contributed by atoms with Crippen LogP contribution in [0, 0.1) is 11.3 Å². The van der Waals surface area contributed by atoms with Crippen LogP contribution < -0.4 is 16.6 Å². The predicted octanol–water partition coefficient (Wildman–Crippen LogP) is 5.55. The molecule has 0 atom stereocenters. The molecular weight excluding hydrogens is 521 g/mol. The molecule has 1 aliphatic heterocycles. The monoisotopic (exact) mass is 549 g/mol. The molecule has 0 spiro atoms. The lowest BCUT2D eigenvalue weighted by atomic mass is 10.1. The second-order valence-corrected chi connectivity index (χ2v) is 8.95. The average molecular weight is 550 g/mol. The summed E-state index contributed by atoms with van der Waals surface area (Å²) in [6.45, 7) is 2.43. The summed E-state index contributed by atoms with van der Waals surface area (Å²) in [5.41, 5.74) is 2.85. The average Bonchev–Trinajstić information content (AvgIpc) is 2.96. The van der Waals surface area contributed by atoms with Crippen LogP contribution in [0.2, 0.25) is 5.02 Å². The maximum absolute atomic E-state index is 13.5. The van der Waals surface area contributed by atoms with Gasteiger partial charge in [0.1, 0.15) is 11.6 Å². The predicted molar refractivity (Wildman–Crippen MR) is 155 cm³/mol. The quantitative estimate of drug-likeness (QED) is 0.336. The summed E-state index contributed by atoms with van der Waals surface area (Å²) in [7, 11) is 0. The Morgan fingerprint density at radius 1 is 0.895 bits per heavy atom. The van der Waals surface area contributed by atoms with Crippen LogP contribution in [-0.2, 0) is 6.54 Å². The summed E-state index contributed by atoms with van der Waals surface area (Å²) in [4.78, 5) is 30.3. The third-order valence-electron chi connectivity index (χ3n) is 6.42. The molecule has 7 nitrogen and oxygen atoms in total. The number of piperazine rings is 1. The van der Waals surface area contributed by atoms with Gasteiger partial charge in [-0.15, -0.1) is 11.6 Å². The highest BCUT2D eigenvalue weighted by atomic mass is 35.5. The SMILES string of the molecule is CCl.N.N#Cc1c(N2CCN(C(=O)c3ccc(Cl)cc3)CC2)c2ccccc2n(Cc2ccccc2)c1=O. The van der Waals surface area contributed by atoms with E-state index in [-0.39, 0.29) is 23.2 Å². The molecule has 1 fully saturated rings. The fraction of sp³-hybridized carbons (Fsp3) is 0.207. The smallest absolute Gasteiger partial charge is 0.271 e. The lowest BCUT2D eigenvalue weighted by Crippen LogP contribution is -2.49. The first kappa shape index (κ1) is 28.7. The van der Waals surface area contributed by atoms with Crippen LogP contribution in [0.4, 0.5) is 5.69 Å². The Bertz CT molecular complexity index is 1490. The van der Waals surface area contributed by atoms with E-state index >= 15 is 0 Å². The largest absolute Gasteiger partial charge is 0.366 e. The van der Waals surface area contributed by atoms with Gasteiger partial charge in [-0.2, -0.15) is 5.26 Å². The number of rotatable bonds is 4. The molecule has 5 rings (SSSR count). The van der Waals surface area contributed by atoms with Crippen molar-refractivity contribution in [3.05, 3.63) is 111 Å². The molecule has 196 valence electrons. The van der Waals surface area contributed by atoms with Crippen LogP contribution in [-0.4, -0.2) is 47.9 Å². The number of carbonyl (C=O) groups is 1. The highest BCUT2D eigenvalue weighted by Gasteiger charge is 2.27. The Labute approximate surface area is 232 Å². The van der Waals surface area contributed by atoms with Gasteiger partial charge in [0, 0.05) is 48.5 Å². The van der Waals surface area contributed by atoms with E-state index < -0.39 is 0 Å². The van der Waals surface area contributed by atoms with Crippen molar-refractivity contribution in [1.29, 1.82) is 5.26 Å². The molecule has 2 heterocycles. The van der Waals surface area contributed by atoms with Crippen molar-refractivity contribution in [2.45, 2.75) is 6.54 Å². The molecule has 0 unspecified atom stereocenters. The van der Waals surface area contributed by atoms with Crippen molar-refractivity contribution in [2.24, 2.45) is 0 Å². The summed E-state index contributed by atoms with van der Waals surface area (Å²) in [5.74, 6) is -0.0510. The Morgan fingerprint density at radius 2 is 1.50 bits per heavy atom. The normalized spacial score (nSPS) is 12.7. The molecule has 0 saturated carbocycles. The summed E-state index contributed by atoms with van der Waals surface area (Å²) in [5, 5.41) is 11.5. The topological polar surface area (TPSA) is 104 Å². The van der Waals surface area contributed by atoms with E-state index in [1.165, 1.54) is 6.38 Å². The Hall–Kier alpha value is -3.83. The van der Waals surface area contributed by atoms with Crippen LogP contribution in [0.5, 0.6) is 0 Å². The summed E-state index contributed by atoms with van der Waals surface area (Å²) >= 11 is 10.6. The number of pyridine rings is 1. The van der Waals surface area contributed by atoms with Crippen molar-refractivity contribution in [1.82, 2.24) is 15.6 Å². The summed E-state index contributed by atoms with van der Waals surface area (Å²) in [6.07, 6.45) is 1.47. The number of hydrogen-bond acceptors (Lipinski definition) is 5. The minimum Gasteiger partial charge on any atom is -0.366 e. The van der Waals surface area contributed by atoms with Crippen LogP contribution in [0.1, 0.15) is 21.5 Å². The van der Waals surface area contributed by atoms with Crippen molar-refractivity contribution >= 4 is 45.7 Å². The number of para-hydroxylation sites is 1. The minimum atomic E-state index is -0.301. The Morgan fingerprint density at radius 3 is 2.13 bits per heavy atom. The molecule has 3 N–H and O–H groups in total. The number of fused-ring (bicyclic) bond motifs is 1. The van der Waals surface area contributed by atoms with Crippen LogP contribution in [0.15, 0.2) is 83.7 Å². The van der Waals surface area contributed by atoms with Crippen LogP contribution >= 0.6 is 23.2 Å². The fourth-order valence-electron chi connectivity index (χ4n) is 4.65. The highest BCUT2D eigenvalue weighted by molar-refractivity contribution is 6.30. The summed E-state index contributed by atoms with van der Waals surface area (Å²) in [6, 6.07) is 26.5. The van der Waals surface area contributed by atoms with Gasteiger partial charge in [0.15, 0.2) is 0 Å². The molecule has 9 heteroatoms. The fourth-order valence-corrected chi connectivity index (χ4v) is 4.78. The molecule has 4 aromatic rings. The third kappa shape index (κ3) is 5.84. The number of benzene rings is 3. The van der Waals surface area contributed by atoms with Crippen molar-refractivity contribution in [2.75, 3.05) is 37.5 Å². The van der Waals surface area contributed by atoms with Gasteiger partial charge < -0.3 is 20.5 Å². The van der Waals surface area contributed by atoms with Gasteiger partial charge in [0.25, 0.3) is 11.5 Å². The number of nitrogens with zero attached hydrogens (tertiary/aromatic N) is 4. The standard InChI is InChI=1S/C28H23ClN4O2.CH3Cl.H3N/c29-22-12-10-21(11-13-22)27(34)32-16-14-31(15-17-32)26-23-8-4-5-9-25(23)33(28(35)24(26)18-30)19-20-6-2-1-3-7-20;1-2;/h1-13H,14-17,19H2;1H3;1H3. The lowest BCUT2D eigenvalue weighted by molar-refractivity contribution is 0.0747. The van der Waals surface area contributed by atoms with E-state index in [0.717, 1.165) is 16.5 Å². The number of nitriles is 1. The van der Waals surface area contributed by atoms with Crippen molar-refractivity contribution in [3.8, 4) is 6.07 Å². The molecule has 3 aromatic carbocycles. The maximum Gasteiger partial charge on any atom is 0.271 e. The summed E-state index contributed by atoms with van der Waals surface area (Å²) < 4.78 is 1.67. The van der Waals surface area contributed by atoms with Gasteiger partial charge >= 0.3 is 0 Å². The number of amides is 1. The zero-order valence-electron chi connectivity index (χ0n) is 21.1. The second-order valence-electron chi connectivity index (χ2n) is 8.52. The lowest BCUT2D eigenvalue weighted by Gasteiger charge is -2.37. The zero-order valence-corrected chi connectivity index (χ0v) is 22.6. The van der Waals surface area contributed by atoms with E-state index in [4.69, 9.17) is 11.6 Å². The number of aromatic nitrogens is 1. The maximum atomic E-state index is 13.5. The molecule has 1 saturated heterocycles. The van der Waals surface area contributed by atoms with E-state index in [1.54, 1.807) is 33.7 Å². The zero-order chi connectivity index (χ0) is 26.4. The van der Waals surface area contributed by atoms with Crippen LogP contribution in [0.3, 0.4) is 0 Å². The number of halogens is 2. The van der Waals surface area contributed by atoms with Gasteiger partial charge in [0.2, 0.25) is 0 Å². The molecule has 0 aliphatic carbocycles. The molecule has 1 aromatic heterocycles. The van der Waals surface area contributed by atoms with Crippen molar-refractivity contribution in [3.63, 3.8) is 0 Å². The first-order valence-corrected chi connectivity index (χ1v) is 13.0. The van der Waals surface area contributed by atoms with Gasteiger partial charge in [0.05, 0.1) is 17.7 Å². The Kier molecular flexibility index (Phi) is 9.91. The molecular formula is C29H29Cl2N5O2. The molecule has 38 heavy (non-hydrogen) atoms. The van der Waals surface area contributed by atoms with E-state index in [9.17, 15) is 14.9 Å². The minimum absolute atomic E-state index is 0. The third-order valence-corrected chi connectivity index (χ3v) is 6.67. The van der Waals surface area contributed by atoms with Gasteiger partial charge in [-0.05, 0) is 35.9 Å². The number of hydrogen-bond donors (Lipinski definition) is 1. The van der Waals surface area contributed by atoms with Gasteiger partial charge in [-0.1, -0.05) is 60.1 Å². The van der Waals surface area contributed by atoms with E-state index in [0.29, 0.717) is 49.0 Å². The first-order valence-electron chi connectivity index (χ1n) is 11.8. The highest BCUT2D eigenvalue weighted by Crippen LogP contribution is 2.30. The first-order chi connectivity index (χ1) is 18.1. The number of anilines is 1. The molecule has 0 radical (unpaired) electrons. The number of alkyl halides is 1. The molecule has 0 bridgehead atoms. The van der Waals surface area contributed by atoms with Gasteiger partial charge in [-0.3, -0.25) is 9.59 Å². The Balaban J connectivity index is 0.00000130. The van der Waals surface area contributed by atoms with Crippen LogP contribution in [0.25, 0.3) is 10.9 Å². The molecule has 1 aliphatic rings. The second kappa shape index (κ2) is 13.1.